The molecule has 0 radical (unpaired) electrons. The van der Waals surface area contributed by atoms with E-state index >= 15 is 0 Å². The minimum Gasteiger partial charge on any atom is -0.264 e. The molecule has 1 aromatic heterocycles. The van der Waals surface area contributed by atoms with Gasteiger partial charge in [0.05, 0.1) is 24.6 Å². The lowest BCUT2D eigenvalue weighted by atomic mass is 10.1. The van der Waals surface area contributed by atoms with E-state index in [1.165, 1.54) is 0 Å². The van der Waals surface area contributed by atoms with Crippen LogP contribution in [0.15, 0.2) is 30.3 Å². The smallest absolute Gasteiger partial charge is 0.264 e. The van der Waals surface area contributed by atoms with Gasteiger partial charge in [-0.2, -0.15) is 0 Å². The van der Waals surface area contributed by atoms with Crippen LogP contribution in [0.3, 0.4) is 0 Å². The fourth-order valence-electron chi connectivity index (χ4n) is 2.33. The SMILES string of the molecule is CCCCCCc1cc2ccccc2[s+]1C(F)(F)F.[O-][Br+3]([O-])([O-])[O-]. The van der Waals surface area contributed by atoms with Crippen LogP contribution >= 0.6 is 10.5 Å². The van der Waals surface area contributed by atoms with E-state index in [1.54, 1.807) is 30.3 Å². The Morgan fingerprint density at radius 1 is 1.00 bits per heavy atom. The second-order valence-corrected chi connectivity index (χ2v) is 8.71. The van der Waals surface area contributed by atoms with Crippen molar-refractivity contribution in [1.82, 2.24) is 0 Å². The van der Waals surface area contributed by atoms with Gasteiger partial charge in [-0.25, -0.2) is 0 Å². The maximum absolute atomic E-state index is 13.2. The lowest BCUT2D eigenvalue weighted by Gasteiger charge is -2.11. The normalized spacial score (nSPS) is 12.9. The molecule has 0 fully saturated rings. The average Bonchev–Trinajstić information content (AvgIpc) is 2.80. The van der Waals surface area contributed by atoms with Gasteiger partial charge in [-0.3, -0.25) is 16.8 Å². The number of rotatable bonds is 5. The van der Waals surface area contributed by atoms with Crippen LogP contribution in [0.1, 0.15) is 37.5 Å². The zero-order chi connectivity index (χ0) is 18.4. The summed E-state index contributed by atoms with van der Waals surface area (Å²) >= 11 is -5.62. The van der Waals surface area contributed by atoms with Gasteiger partial charge in [0.2, 0.25) is 0 Å². The molecule has 1 heterocycles. The summed E-state index contributed by atoms with van der Waals surface area (Å²) in [5.74, 6) is 0. The Morgan fingerprint density at radius 3 is 2.12 bits per heavy atom. The second kappa shape index (κ2) is 9.12. The van der Waals surface area contributed by atoms with Crippen molar-refractivity contribution in [1.29, 1.82) is 0 Å². The Morgan fingerprint density at radius 2 is 1.58 bits per heavy atom. The number of thiophene rings is 1. The van der Waals surface area contributed by atoms with E-state index in [4.69, 9.17) is 16.8 Å². The Bertz CT molecular complexity index is 632. The van der Waals surface area contributed by atoms with Crippen molar-refractivity contribution >= 4 is 20.6 Å². The van der Waals surface area contributed by atoms with E-state index in [2.05, 4.69) is 6.92 Å². The van der Waals surface area contributed by atoms with Gasteiger partial charge < -0.3 is 0 Å². The van der Waals surface area contributed by atoms with Gasteiger partial charge in [0.15, 0.2) is 9.58 Å². The van der Waals surface area contributed by atoms with Crippen molar-refractivity contribution < 1.29 is 44.1 Å². The van der Waals surface area contributed by atoms with Crippen molar-refractivity contribution in [2.75, 3.05) is 0 Å². The highest BCUT2D eigenvalue weighted by Crippen LogP contribution is 2.51. The highest BCUT2D eigenvalue weighted by molar-refractivity contribution is 7.38. The number of unbranched alkanes of at least 4 members (excludes halogenated alkanes) is 3. The van der Waals surface area contributed by atoms with Crippen LogP contribution in [0.25, 0.3) is 10.1 Å². The molecule has 0 aliphatic carbocycles. The van der Waals surface area contributed by atoms with Crippen LogP contribution in [0, 0.1) is 14.1 Å². The van der Waals surface area contributed by atoms with Crippen molar-refractivity contribution in [3.8, 4) is 0 Å². The molecule has 0 aliphatic rings. The molecule has 0 bridgehead atoms. The first-order chi connectivity index (χ1) is 11.0. The van der Waals surface area contributed by atoms with Gasteiger partial charge in [0.1, 0.15) is 0 Å². The third kappa shape index (κ3) is 7.45. The molecule has 4 nitrogen and oxygen atoms in total. The van der Waals surface area contributed by atoms with Crippen molar-refractivity contribution in [3.63, 3.8) is 0 Å². The molecule has 136 valence electrons. The third-order valence-corrected chi connectivity index (χ3v) is 5.35. The molecular weight excluding hydrogens is 413 g/mol. The fourth-order valence-corrected chi connectivity index (χ4v) is 4.33. The molecule has 0 saturated carbocycles. The van der Waals surface area contributed by atoms with E-state index in [-0.39, 0.29) is 0 Å². The molecule has 0 N–H and O–H groups in total. The Hall–Kier alpha value is -0.710. The van der Waals surface area contributed by atoms with E-state index in [0.717, 1.165) is 31.1 Å². The van der Waals surface area contributed by atoms with Crippen LogP contribution < -0.4 is 16.8 Å². The zero-order valence-corrected chi connectivity index (χ0v) is 15.4. The number of benzene rings is 1. The van der Waals surface area contributed by atoms with E-state index in [1.807, 2.05) is 0 Å². The molecule has 2 aromatic rings. The van der Waals surface area contributed by atoms with Crippen molar-refractivity contribution in [2.45, 2.75) is 44.5 Å². The first-order valence-corrected chi connectivity index (χ1v) is 11.1. The Labute approximate surface area is 144 Å². The second-order valence-electron chi connectivity index (χ2n) is 5.09. The van der Waals surface area contributed by atoms with Gasteiger partial charge in [-0.05, 0) is 18.6 Å². The van der Waals surface area contributed by atoms with Crippen molar-refractivity contribution in [2.24, 2.45) is 0 Å². The van der Waals surface area contributed by atoms with Gasteiger partial charge in [-0.1, -0.05) is 38.3 Å². The predicted octanol–water partition coefficient (Wildman–Crippen LogP) is 1.43. The topological polar surface area (TPSA) is 92.2 Å². The summed E-state index contributed by atoms with van der Waals surface area (Å²) in [4.78, 5) is 0.560. The predicted molar refractivity (Wildman–Crippen MR) is 75.6 cm³/mol. The first-order valence-electron chi connectivity index (χ1n) is 7.26. The highest BCUT2D eigenvalue weighted by Gasteiger charge is 2.47. The van der Waals surface area contributed by atoms with Crippen LogP contribution in [-0.2, 0) is 11.9 Å². The summed E-state index contributed by atoms with van der Waals surface area (Å²) in [7, 11) is -1.70. The molecule has 0 aliphatic heterocycles. The highest BCUT2D eigenvalue weighted by atomic mass is 80.0. The molecule has 1 aromatic carbocycles. The number of fused-ring (bicyclic) bond motifs is 1. The minimum absolute atomic E-state index is 0.445. The van der Waals surface area contributed by atoms with E-state index < -0.39 is 30.1 Å². The zero-order valence-electron chi connectivity index (χ0n) is 13.0. The van der Waals surface area contributed by atoms with Crippen LogP contribution in [0.4, 0.5) is 13.2 Å². The summed E-state index contributed by atoms with van der Waals surface area (Å²) in [6.07, 6.45) is 4.63. The maximum Gasteiger partial charge on any atom is 0.600 e. The molecule has 1 atom stereocenters. The lowest BCUT2D eigenvalue weighted by molar-refractivity contribution is -2.00. The van der Waals surface area contributed by atoms with Gasteiger partial charge in [-0.15, -0.1) is 13.2 Å². The van der Waals surface area contributed by atoms with Crippen LogP contribution in [0.5, 0.6) is 0 Å². The molecule has 1 unspecified atom stereocenters. The average molecular weight is 431 g/mol. The minimum atomic E-state index is -5.62. The third-order valence-electron chi connectivity index (χ3n) is 3.23. The van der Waals surface area contributed by atoms with Gasteiger partial charge >= 0.3 is 5.51 Å². The first kappa shape index (κ1) is 21.3. The largest absolute Gasteiger partial charge is 0.600 e. The summed E-state index contributed by atoms with van der Waals surface area (Å²) in [6, 6.07) is 8.63. The van der Waals surface area contributed by atoms with E-state index in [9.17, 15) is 13.2 Å². The Balaban J connectivity index is 0.000000505. The van der Waals surface area contributed by atoms with Crippen molar-refractivity contribution in [3.05, 3.63) is 35.2 Å². The van der Waals surface area contributed by atoms with Crippen LogP contribution in [0.2, 0.25) is 0 Å². The summed E-state index contributed by atoms with van der Waals surface area (Å²) in [5.41, 5.74) is -4.15. The molecule has 9 heteroatoms. The monoisotopic (exact) mass is 430 g/mol. The molecular formula is C15H18BrF3O4S. The molecule has 0 saturated heterocycles. The number of aryl methyl sites for hydroxylation is 1. The molecule has 24 heavy (non-hydrogen) atoms. The summed E-state index contributed by atoms with van der Waals surface area (Å²) in [5, 5.41) is 0.744. The van der Waals surface area contributed by atoms with E-state index in [0.29, 0.717) is 16.0 Å². The quantitative estimate of drug-likeness (QED) is 0.529. The molecule has 0 amide bonds. The number of hydrogen-bond donors (Lipinski definition) is 0. The summed E-state index contributed by atoms with van der Waals surface area (Å²) in [6.45, 7) is 2.10. The summed E-state index contributed by atoms with van der Waals surface area (Å²) < 4.78 is 74.5. The van der Waals surface area contributed by atoms with Crippen LogP contribution in [-0.4, -0.2) is 0 Å². The van der Waals surface area contributed by atoms with Gasteiger partial charge in [0, 0.05) is 17.9 Å². The number of halogens is 4. The lowest BCUT2D eigenvalue weighted by Crippen LogP contribution is -2.68. The van der Waals surface area contributed by atoms with Gasteiger partial charge in [0.25, 0.3) is 0 Å². The maximum atomic E-state index is 13.2. The molecule has 2 rings (SSSR count). The fraction of sp³-hybridized carbons (Fsp3) is 0.467. The Kier molecular flexibility index (Phi) is 8.10. The number of hydrogen-bond acceptors (Lipinski definition) is 4. The standard InChI is InChI=1S/C15H18F3S.BrO4/c1-2-3-4-5-9-13-11-12-8-6-7-10-14(12)19(13)15(16,17)18;2-1(3,4)5/h6-8,10-11H,2-5,9H2,1H3;/q+1;-1. The molecule has 0 spiro atoms. The number of alkyl halides is 3.